The van der Waals surface area contributed by atoms with Crippen molar-refractivity contribution in [2.24, 2.45) is 0 Å². The third kappa shape index (κ3) is 4.66. The largest absolute Gasteiger partial charge is 0.379 e. The minimum atomic E-state index is -0.0570. The first kappa shape index (κ1) is 17.1. The second kappa shape index (κ2) is 8.42. The van der Waals surface area contributed by atoms with Crippen LogP contribution in [0.25, 0.3) is 0 Å². The maximum atomic E-state index is 12.6. The molecule has 0 radical (unpaired) electrons. The number of ether oxygens (including phenoxy) is 1. The van der Waals surface area contributed by atoms with E-state index in [4.69, 9.17) is 4.74 Å². The molecule has 1 heterocycles. The number of carbonyl (C=O) groups is 1. The molecule has 1 atom stereocenters. The van der Waals surface area contributed by atoms with Gasteiger partial charge in [0.05, 0.1) is 19.3 Å². The van der Waals surface area contributed by atoms with E-state index in [1.165, 1.54) is 0 Å². The fourth-order valence-electron chi connectivity index (χ4n) is 2.83. The Labute approximate surface area is 150 Å². The predicted molar refractivity (Wildman–Crippen MR) is 98.1 cm³/mol. The van der Waals surface area contributed by atoms with Crippen LogP contribution in [0.5, 0.6) is 0 Å². The molecule has 0 saturated carbocycles. The number of hydrogen-bond acceptors (Lipinski definition) is 3. The van der Waals surface area contributed by atoms with E-state index in [2.05, 4.69) is 38.3 Å². The summed E-state index contributed by atoms with van der Waals surface area (Å²) in [6.07, 6.45) is 0. The summed E-state index contributed by atoms with van der Waals surface area (Å²) in [6, 6.07) is 17.5. The lowest BCUT2D eigenvalue weighted by Gasteiger charge is -2.31. The molecule has 1 aliphatic heterocycles. The molecular weight excluding hydrogens is 368 g/mol. The number of rotatable bonds is 5. The van der Waals surface area contributed by atoms with Gasteiger partial charge in [-0.25, -0.2) is 0 Å². The maximum absolute atomic E-state index is 12.6. The van der Waals surface area contributed by atoms with Gasteiger partial charge >= 0.3 is 0 Å². The van der Waals surface area contributed by atoms with Crippen LogP contribution in [0, 0.1) is 0 Å². The normalized spacial score (nSPS) is 16.5. The van der Waals surface area contributed by atoms with Gasteiger partial charge in [-0.2, -0.15) is 0 Å². The van der Waals surface area contributed by atoms with Gasteiger partial charge in [0, 0.05) is 29.7 Å². The summed E-state index contributed by atoms with van der Waals surface area (Å²) < 4.78 is 6.32. The Hall–Kier alpha value is -1.69. The summed E-state index contributed by atoms with van der Waals surface area (Å²) in [5, 5.41) is 3.18. The SMILES string of the molecule is O=C(N[C@H](CN1CCOCC1)c1ccccc1)c1cccc(Br)c1. The van der Waals surface area contributed by atoms with Crippen LogP contribution in [0.15, 0.2) is 59.1 Å². The van der Waals surface area contributed by atoms with E-state index in [0.29, 0.717) is 5.56 Å². The molecule has 1 fully saturated rings. The van der Waals surface area contributed by atoms with Crippen LogP contribution in [0.1, 0.15) is 22.0 Å². The molecule has 0 unspecified atom stereocenters. The number of hydrogen-bond donors (Lipinski definition) is 1. The Morgan fingerprint density at radius 2 is 1.88 bits per heavy atom. The van der Waals surface area contributed by atoms with Crippen LogP contribution >= 0.6 is 15.9 Å². The lowest BCUT2D eigenvalue weighted by molar-refractivity contribution is 0.0332. The Kier molecular flexibility index (Phi) is 6.01. The van der Waals surface area contributed by atoms with E-state index in [1.807, 2.05) is 42.5 Å². The molecule has 5 heteroatoms. The Bertz CT molecular complexity index is 672. The zero-order valence-corrected chi connectivity index (χ0v) is 15.0. The second-order valence-corrected chi connectivity index (χ2v) is 6.78. The third-order valence-corrected chi connectivity index (χ3v) is 4.63. The zero-order valence-electron chi connectivity index (χ0n) is 13.5. The molecule has 3 rings (SSSR count). The number of amides is 1. The topological polar surface area (TPSA) is 41.6 Å². The van der Waals surface area contributed by atoms with Gasteiger partial charge < -0.3 is 10.1 Å². The van der Waals surface area contributed by atoms with E-state index in [-0.39, 0.29) is 11.9 Å². The Balaban J connectivity index is 1.75. The minimum absolute atomic E-state index is 0.0456. The molecule has 1 saturated heterocycles. The highest BCUT2D eigenvalue weighted by Crippen LogP contribution is 2.17. The zero-order chi connectivity index (χ0) is 16.8. The van der Waals surface area contributed by atoms with Crippen molar-refractivity contribution in [2.75, 3.05) is 32.8 Å². The van der Waals surface area contributed by atoms with Crippen LogP contribution in [0.2, 0.25) is 0 Å². The minimum Gasteiger partial charge on any atom is -0.379 e. The molecule has 2 aromatic rings. The first-order valence-electron chi connectivity index (χ1n) is 8.14. The van der Waals surface area contributed by atoms with Crippen molar-refractivity contribution >= 4 is 21.8 Å². The molecule has 1 aliphatic rings. The quantitative estimate of drug-likeness (QED) is 0.854. The van der Waals surface area contributed by atoms with E-state index >= 15 is 0 Å². The first-order chi connectivity index (χ1) is 11.7. The van der Waals surface area contributed by atoms with Gasteiger partial charge in [0.1, 0.15) is 0 Å². The van der Waals surface area contributed by atoms with Crippen LogP contribution in [-0.4, -0.2) is 43.7 Å². The molecule has 0 spiro atoms. The second-order valence-electron chi connectivity index (χ2n) is 5.86. The van der Waals surface area contributed by atoms with Gasteiger partial charge in [-0.05, 0) is 23.8 Å². The predicted octanol–water partition coefficient (Wildman–Crippen LogP) is 3.25. The Morgan fingerprint density at radius 1 is 1.12 bits per heavy atom. The standard InChI is InChI=1S/C19H21BrN2O2/c20-17-8-4-7-16(13-17)19(23)21-18(15-5-2-1-3-6-15)14-22-9-11-24-12-10-22/h1-8,13,18H,9-12,14H2,(H,21,23)/t18-/m1/s1. The van der Waals surface area contributed by atoms with Crippen molar-refractivity contribution in [1.82, 2.24) is 10.2 Å². The van der Waals surface area contributed by atoms with Gasteiger partial charge in [0.25, 0.3) is 5.91 Å². The molecule has 0 aromatic heterocycles. The number of carbonyl (C=O) groups excluding carboxylic acids is 1. The molecule has 126 valence electrons. The summed E-state index contributed by atoms with van der Waals surface area (Å²) in [5.41, 5.74) is 1.78. The van der Waals surface area contributed by atoms with Crippen molar-refractivity contribution in [3.63, 3.8) is 0 Å². The van der Waals surface area contributed by atoms with E-state index < -0.39 is 0 Å². The van der Waals surface area contributed by atoms with Crippen molar-refractivity contribution in [2.45, 2.75) is 6.04 Å². The van der Waals surface area contributed by atoms with Crippen molar-refractivity contribution in [3.8, 4) is 0 Å². The molecule has 24 heavy (non-hydrogen) atoms. The summed E-state index contributed by atoms with van der Waals surface area (Å²) in [6.45, 7) is 4.08. The number of nitrogens with zero attached hydrogens (tertiary/aromatic N) is 1. The molecule has 0 aliphatic carbocycles. The molecule has 4 nitrogen and oxygen atoms in total. The van der Waals surface area contributed by atoms with Crippen molar-refractivity contribution in [3.05, 3.63) is 70.2 Å². The average molecular weight is 389 g/mol. The summed E-state index contributed by atoms with van der Waals surface area (Å²) >= 11 is 3.42. The molecule has 0 bridgehead atoms. The van der Waals surface area contributed by atoms with Gasteiger partial charge in [-0.3, -0.25) is 9.69 Å². The van der Waals surface area contributed by atoms with Crippen LogP contribution in [-0.2, 0) is 4.74 Å². The van der Waals surface area contributed by atoms with Crippen molar-refractivity contribution < 1.29 is 9.53 Å². The van der Waals surface area contributed by atoms with E-state index in [9.17, 15) is 4.79 Å². The van der Waals surface area contributed by atoms with E-state index in [1.54, 1.807) is 0 Å². The van der Waals surface area contributed by atoms with Gasteiger partial charge in [0.15, 0.2) is 0 Å². The van der Waals surface area contributed by atoms with Crippen LogP contribution in [0.4, 0.5) is 0 Å². The maximum Gasteiger partial charge on any atom is 0.251 e. The summed E-state index contributed by atoms with van der Waals surface area (Å²) in [5.74, 6) is -0.0570. The number of halogens is 1. The monoisotopic (exact) mass is 388 g/mol. The average Bonchev–Trinajstić information content (AvgIpc) is 2.63. The highest BCUT2D eigenvalue weighted by atomic mass is 79.9. The Morgan fingerprint density at radius 3 is 2.58 bits per heavy atom. The van der Waals surface area contributed by atoms with Gasteiger partial charge in [-0.1, -0.05) is 52.3 Å². The highest BCUT2D eigenvalue weighted by Gasteiger charge is 2.20. The molecule has 2 aromatic carbocycles. The third-order valence-electron chi connectivity index (χ3n) is 4.14. The molecule has 1 amide bonds. The first-order valence-corrected chi connectivity index (χ1v) is 8.93. The van der Waals surface area contributed by atoms with Gasteiger partial charge in [0.2, 0.25) is 0 Å². The van der Waals surface area contributed by atoms with E-state index in [0.717, 1.165) is 42.9 Å². The summed E-state index contributed by atoms with van der Waals surface area (Å²) in [7, 11) is 0. The summed E-state index contributed by atoms with van der Waals surface area (Å²) in [4.78, 5) is 15.0. The lowest BCUT2D eigenvalue weighted by Crippen LogP contribution is -2.43. The lowest BCUT2D eigenvalue weighted by atomic mass is 10.1. The van der Waals surface area contributed by atoms with Crippen LogP contribution in [0.3, 0.4) is 0 Å². The van der Waals surface area contributed by atoms with Crippen molar-refractivity contribution in [1.29, 1.82) is 0 Å². The smallest absolute Gasteiger partial charge is 0.251 e. The molecule has 1 N–H and O–H groups in total. The fourth-order valence-corrected chi connectivity index (χ4v) is 3.23. The van der Waals surface area contributed by atoms with Crippen LogP contribution < -0.4 is 5.32 Å². The number of nitrogens with one attached hydrogen (secondary N) is 1. The molecular formula is C19H21BrN2O2. The number of benzene rings is 2. The van der Waals surface area contributed by atoms with Gasteiger partial charge in [-0.15, -0.1) is 0 Å². The fraction of sp³-hybridized carbons (Fsp3) is 0.316. The number of morpholine rings is 1. The highest BCUT2D eigenvalue weighted by molar-refractivity contribution is 9.10.